The Balaban J connectivity index is 2.45. The van der Waals surface area contributed by atoms with Crippen molar-refractivity contribution in [2.24, 2.45) is 0 Å². The lowest BCUT2D eigenvalue weighted by Crippen LogP contribution is -2.33. The Bertz CT molecular complexity index is 116. The molecule has 0 N–H and O–H groups in total. The third kappa shape index (κ3) is 1.89. The molecule has 1 saturated heterocycles. The Morgan fingerprint density at radius 1 is 1.70 bits per heavy atom. The van der Waals surface area contributed by atoms with Crippen molar-refractivity contribution in [1.82, 2.24) is 0 Å². The third-order valence-corrected chi connectivity index (χ3v) is 3.46. The van der Waals surface area contributed by atoms with E-state index in [1.165, 1.54) is 12.2 Å². The van der Waals surface area contributed by atoms with Gasteiger partial charge in [0.25, 0.3) is 0 Å². The summed E-state index contributed by atoms with van der Waals surface area (Å²) in [4.78, 5) is 0.109. The minimum Gasteiger partial charge on any atom is -0.362 e. The van der Waals surface area contributed by atoms with Crippen LogP contribution in [0.15, 0.2) is 0 Å². The summed E-state index contributed by atoms with van der Waals surface area (Å²) in [7, 11) is 0. The normalized spacial score (nSPS) is 41.7. The zero-order valence-electron chi connectivity index (χ0n) is 7.02. The van der Waals surface area contributed by atoms with Crippen molar-refractivity contribution in [3.8, 4) is 0 Å². The predicted molar refractivity (Wildman–Crippen MR) is 46.3 cm³/mol. The molecule has 0 aliphatic carbocycles. The van der Waals surface area contributed by atoms with Crippen molar-refractivity contribution in [3.05, 3.63) is 0 Å². The first-order valence-electron chi connectivity index (χ1n) is 3.98. The molecule has 0 spiro atoms. The zero-order chi connectivity index (χ0) is 7.61. The summed E-state index contributed by atoms with van der Waals surface area (Å²) in [5.41, 5.74) is 0. The van der Waals surface area contributed by atoms with Crippen molar-refractivity contribution >= 4 is 11.8 Å². The van der Waals surface area contributed by atoms with Crippen molar-refractivity contribution in [2.45, 2.75) is 44.6 Å². The molecule has 60 valence electrons. The van der Waals surface area contributed by atoms with Gasteiger partial charge in [0.15, 0.2) is 0 Å². The molecule has 0 amide bonds. The monoisotopic (exact) mass is 160 g/mol. The molecule has 2 atom stereocenters. The Kier molecular flexibility index (Phi) is 2.64. The zero-order valence-corrected chi connectivity index (χ0v) is 7.83. The first kappa shape index (κ1) is 8.41. The molecule has 1 heterocycles. The maximum atomic E-state index is 5.79. The second-order valence-electron chi connectivity index (χ2n) is 3.05. The van der Waals surface area contributed by atoms with Crippen LogP contribution >= 0.6 is 11.8 Å². The van der Waals surface area contributed by atoms with E-state index in [0.29, 0.717) is 6.10 Å². The molecule has 0 aromatic heterocycles. The van der Waals surface area contributed by atoms with Crippen molar-refractivity contribution < 1.29 is 4.74 Å². The molecule has 1 fully saturated rings. The van der Waals surface area contributed by atoms with E-state index >= 15 is 0 Å². The molecule has 0 bridgehead atoms. The highest BCUT2D eigenvalue weighted by Gasteiger charge is 2.29. The average Bonchev–Trinajstić information content (AvgIpc) is 1.88. The molecule has 1 nitrogen and oxygen atoms in total. The minimum absolute atomic E-state index is 0.109. The first-order chi connectivity index (χ1) is 4.66. The van der Waals surface area contributed by atoms with E-state index in [0.717, 1.165) is 6.42 Å². The van der Waals surface area contributed by atoms with Gasteiger partial charge in [0.2, 0.25) is 0 Å². The van der Waals surface area contributed by atoms with Gasteiger partial charge in [0.05, 0.1) is 6.10 Å². The summed E-state index contributed by atoms with van der Waals surface area (Å²) in [6.45, 7) is 6.53. The van der Waals surface area contributed by atoms with Gasteiger partial charge in [-0.15, -0.1) is 11.8 Å². The molecule has 1 aliphatic rings. The number of ether oxygens (including phenoxy) is 1. The number of rotatable bonds is 1. The van der Waals surface area contributed by atoms with Crippen LogP contribution in [0.4, 0.5) is 0 Å². The topological polar surface area (TPSA) is 9.23 Å². The van der Waals surface area contributed by atoms with E-state index in [2.05, 4.69) is 20.8 Å². The van der Waals surface area contributed by atoms with E-state index in [4.69, 9.17) is 4.74 Å². The molecule has 0 aromatic rings. The summed E-state index contributed by atoms with van der Waals surface area (Å²) >= 11 is 1.95. The van der Waals surface area contributed by atoms with Gasteiger partial charge in [-0.3, -0.25) is 0 Å². The number of hydrogen-bond acceptors (Lipinski definition) is 2. The van der Waals surface area contributed by atoms with E-state index < -0.39 is 0 Å². The van der Waals surface area contributed by atoms with Crippen LogP contribution in [0.3, 0.4) is 0 Å². The van der Waals surface area contributed by atoms with Crippen LogP contribution in [0.25, 0.3) is 0 Å². The summed E-state index contributed by atoms with van der Waals surface area (Å²) in [6.07, 6.45) is 2.79. The summed E-state index contributed by atoms with van der Waals surface area (Å²) < 4.78 is 5.79. The van der Waals surface area contributed by atoms with Gasteiger partial charge >= 0.3 is 0 Å². The average molecular weight is 160 g/mol. The molecular formula is C8H16OS. The van der Waals surface area contributed by atoms with Crippen LogP contribution in [0.5, 0.6) is 0 Å². The highest BCUT2D eigenvalue weighted by atomic mass is 32.2. The fourth-order valence-corrected chi connectivity index (χ4v) is 2.46. The summed E-state index contributed by atoms with van der Waals surface area (Å²) in [5, 5.41) is 0. The molecule has 1 rings (SSSR count). The van der Waals surface area contributed by atoms with Gasteiger partial charge in [-0.25, -0.2) is 0 Å². The maximum Gasteiger partial charge on any atom is 0.111 e. The molecule has 0 aromatic carbocycles. The van der Waals surface area contributed by atoms with Crippen molar-refractivity contribution in [1.29, 1.82) is 0 Å². The highest BCUT2D eigenvalue weighted by Crippen LogP contribution is 2.36. The molecule has 2 heteroatoms. The van der Waals surface area contributed by atoms with Crippen molar-refractivity contribution in [3.63, 3.8) is 0 Å². The quantitative estimate of drug-likeness (QED) is 0.583. The fraction of sp³-hybridized carbons (Fsp3) is 1.00. The van der Waals surface area contributed by atoms with Gasteiger partial charge < -0.3 is 4.74 Å². The first-order valence-corrected chi connectivity index (χ1v) is 4.96. The van der Waals surface area contributed by atoms with Crippen LogP contribution in [0.2, 0.25) is 0 Å². The van der Waals surface area contributed by atoms with E-state index in [-0.39, 0.29) is 4.93 Å². The van der Waals surface area contributed by atoms with Gasteiger partial charge in [0.1, 0.15) is 4.93 Å². The summed E-state index contributed by atoms with van der Waals surface area (Å²) in [5.74, 6) is 1.26. The SMILES string of the molecule is CC[C@@]1(C)O[C@H](C)CCS1. The number of thioether (sulfide) groups is 1. The predicted octanol–water partition coefficient (Wildman–Crippen LogP) is 2.65. The lowest BCUT2D eigenvalue weighted by atomic mass is 10.2. The Hall–Kier alpha value is 0.310. The summed E-state index contributed by atoms with van der Waals surface area (Å²) in [6, 6.07) is 0. The third-order valence-electron chi connectivity index (χ3n) is 2.02. The Labute approximate surface area is 67.5 Å². The smallest absolute Gasteiger partial charge is 0.111 e. The maximum absolute atomic E-state index is 5.79. The molecule has 10 heavy (non-hydrogen) atoms. The largest absolute Gasteiger partial charge is 0.362 e. The standard InChI is InChI=1S/C8H16OS/c1-4-8(3)9-7(2)5-6-10-8/h7H,4-6H2,1-3H3/t7-,8+/m1/s1. The van der Waals surface area contributed by atoms with E-state index in [1.54, 1.807) is 0 Å². The second kappa shape index (κ2) is 3.14. The van der Waals surface area contributed by atoms with Crippen LogP contribution in [-0.2, 0) is 4.74 Å². The van der Waals surface area contributed by atoms with Crippen LogP contribution in [0, 0.1) is 0 Å². The molecule has 0 unspecified atom stereocenters. The van der Waals surface area contributed by atoms with E-state index in [1.807, 2.05) is 11.8 Å². The van der Waals surface area contributed by atoms with Gasteiger partial charge in [-0.1, -0.05) is 6.92 Å². The Morgan fingerprint density at radius 2 is 2.40 bits per heavy atom. The molecule has 0 radical (unpaired) electrons. The molecular weight excluding hydrogens is 144 g/mol. The lowest BCUT2D eigenvalue weighted by Gasteiger charge is -2.36. The molecule has 1 aliphatic heterocycles. The number of hydrogen-bond donors (Lipinski definition) is 0. The van der Waals surface area contributed by atoms with E-state index in [9.17, 15) is 0 Å². The fourth-order valence-electron chi connectivity index (χ4n) is 1.14. The van der Waals surface area contributed by atoms with Crippen LogP contribution in [0.1, 0.15) is 33.6 Å². The van der Waals surface area contributed by atoms with Gasteiger partial charge in [0, 0.05) is 0 Å². The van der Waals surface area contributed by atoms with Crippen molar-refractivity contribution in [2.75, 3.05) is 5.75 Å². The van der Waals surface area contributed by atoms with Gasteiger partial charge in [-0.2, -0.15) is 0 Å². The van der Waals surface area contributed by atoms with Crippen LogP contribution in [-0.4, -0.2) is 16.8 Å². The Morgan fingerprint density at radius 3 is 2.80 bits per heavy atom. The highest BCUT2D eigenvalue weighted by molar-refractivity contribution is 8.00. The van der Waals surface area contributed by atoms with Crippen LogP contribution < -0.4 is 0 Å². The lowest BCUT2D eigenvalue weighted by molar-refractivity contribution is -0.0251. The van der Waals surface area contributed by atoms with Gasteiger partial charge in [-0.05, 0) is 32.4 Å². The second-order valence-corrected chi connectivity index (χ2v) is 4.61. The minimum atomic E-state index is 0.109. The molecule has 0 saturated carbocycles.